The summed E-state index contributed by atoms with van der Waals surface area (Å²) in [5.74, 6) is 0. The molecule has 1 rings (SSSR count). The molecular weight excluding hydrogens is 146 g/mol. The molecule has 0 aromatic heterocycles. The Bertz CT molecular complexity index is 141. The van der Waals surface area contributed by atoms with Gasteiger partial charge in [-0.05, 0) is 39.8 Å². The lowest BCUT2D eigenvalue weighted by Gasteiger charge is -2.19. The van der Waals surface area contributed by atoms with E-state index < -0.39 is 0 Å². The average Bonchev–Trinajstić information content (AvgIpc) is 2.33. The Morgan fingerprint density at radius 2 is 1.75 bits per heavy atom. The van der Waals surface area contributed by atoms with Crippen molar-refractivity contribution in [3.63, 3.8) is 0 Å². The monoisotopic (exact) mass is 167 g/mol. The van der Waals surface area contributed by atoms with E-state index in [1.54, 1.807) is 0 Å². The molecule has 70 valence electrons. The number of hydrogen-bond acceptors (Lipinski definition) is 1. The molecule has 0 saturated carbocycles. The Labute approximate surface area is 76.5 Å². The van der Waals surface area contributed by atoms with Gasteiger partial charge in [-0.25, -0.2) is 0 Å². The quantitative estimate of drug-likeness (QED) is 0.572. The minimum absolute atomic E-state index is 1.19. The van der Waals surface area contributed by atoms with Crippen molar-refractivity contribution in [1.29, 1.82) is 0 Å². The third-order valence-corrected chi connectivity index (χ3v) is 2.66. The molecule has 1 aliphatic rings. The summed E-state index contributed by atoms with van der Waals surface area (Å²) in [7, 11) is 0. The van der Waals surface area contributed by atoms with Gasteiger partial charge in [0.25, 0.3) is 0 Å². The van der Waals surface area contributed by atoms with Gasteiger partial charge in [0.1, 0.15) is 0 Å². The summed E-state index contributed by atoms with van der Waals surface area (Å²) in [6.07, 6.45) is 7.90. The first-order valence-corrected chi connectivity index (χ1v) is 5.17. The van der Waals surface area contributed by atoms with Crippen LogP contribution in [0.25, 0.3) is 0 Å². The molecule has 1 nitrogen and oxygen atoms in total. The van der Waals surface area contributed by atoms with E-state index in [0.29, 0.717) is 0 Å². The van der Waals surface area contributed by atoms with Crippen LogP contribution in [-0.4, -0.2) is 24.5 Å². The summed E-state index contributed by atoms with van der Waals surface area (Å²) in [6.45, 7) is 8.17. The van der Waals surface area contributed by atoms with Gasteiger partial charge in [-0.2, -0.15) is 0 Å². The van der Waals surface area contributed by atoms with E-state index in [4.69, 9.17) is 0 Å². The topological polar surface area (TPSA) is 3.24 Å². The third-order valence-electron chi connectivity index (χ3n) is 2.66. The van der Waals surface area contributed by atoms with Crippen LogP contribution in [0, 0.1) is 0 Å². The summed E-state index contributed by atoms with van der Waals surface area (Å²) in [5, 5.41) is 0. The summed E-state index contributed by atoms with van der Waals surface area (Å²) in [6, 6.07) is 0. The lowest BCUT2D eigenvalue weighted by molar-refractivity contribution is 0.309. The van der Waals surface area contributed by atoms with Crippen molar-refractivity contribution >= 4 is 0 Å². The molecule has 0 unspecified atom stereocenters. The fourth-order valence-electron chi connectivity index (χ4n) is 1.74. The Kier molecular flexibility index (Phi) is 4.37. The highest BCUT2D eigenvalue weighted by atomic mass is 15.1. The highest BCUT2D eigenvalue weighted by molar-refractivity contribution is 4.98. The molecule has 0 N–H and O–H groups in total. The Hall–Kier alpha value is -0.300. The largest absolute Gasteiger partial charge is 0.299 e. The van der Waals surface area contributed by atoms with Crippen molar-refractivity contribution in [3.8, 4) is 0 Å². The van der Waals surface area contributed by atoms with Crippen molar-refractivity contribution in [3.05, 3.63) is 11.6 Å². The van der Waals surface area contributed by atoms with Crippen LogP contribution in [0.3, 0.4) is 0 Å². The number of likely N-dealkylation sites (tertiary alicyclic amines) is 1. The predicted molar refractivity (Wildman–Crippen MR) is 54.3 cm³/mol. The second kappa shape index (κ2) is 5.36. The molecule has 0 aromatic carbocycles. The van der Waals surface area contributed by atoms with E-state index in [2.05, 4.69) is 24.8 Å². The van der Waals surface area contributed by atoms with Gasteiger partial charge < -0.3 is 0 Å². The molecule has 0 spiro atoms. The first kappa shape index (κ1) is 9.79. The van der Waals surface area contributed by atoms with Gasteiger partial charge in [-0.1, -0.05) is 24.5 Å². The highest BCUT2D eigenvalue weighted by Gasteiger charge is 2.07. The molecule has 0 atom stereocenters. The van der Waals surface area contributed by atoms with Crippen molar-refractivity contribution in [1.82, 2.24) is 4.90 Å². The summed E-state index contributed by atoms with van der Waals surface area (Å²) in [5.41, 5.74) is 1.51. The lowest BCUT2D eigenvalue weighted by atomic mass is 10.2. The Balaban J connectivity index is 2.29. The Morgan fingerprint density at radius 3 is 2.25 bits per heavy atom. The molecule has 1 fully saturated rings. The van der Waals surface area contributed by atoms with Crippen molar-refractivity contribution < 1.29 is 0 Å². The van der Waals surface area contributed by atoms with Crippen LogP contribution in [0.15, 0.2) is 11.6 Å². The Morgan fingerprint density at radius 1 is 1.17 bits per heavy atom. The second-order valence-corrected chi connectivity index (χ2v) is 3.83. The van der Waals surface area contributed by atoms with E-state index in [1.165, 1.54) is 50.9 Å². The number of nitrogens with zero attached hydrogens (tertiary/aromatic N) is 1. The maximum atomic E-state index is 2.59. The molecule has 1 saturated heterocycles. The zero-order chi connectivity index (χ0) is 8.81. The van der Waals surface area contributed by atoms with Crippen molar-refractivity contribution in [2.24, 2.45) is 0 Å². The van der Waals surface area contributed by atoms with E-state index >= 15 is 0 Å². The summed E-state index contributed by atoms with van der Waals surface area (Å²) >= 11 is 0. The molecule has 0 aromatic rings. The fraction of sp³-hybridized carbons (Fsp3) is 0.818. The van der Waals surface area contributed by atoms with E-state index in [0.717, 1.165) is 0 Å². The molecule has 12 heavy (non-hydrogen) atoms. The van der Waals surface area contributed by atoms with Gasteiger partial charge in [0.05, 0.1) is 0 Å². The molecule has 1 heteroatoms. The highest BCUT2D eigenvalue weighted by Crippen LogP contribution is 2.10. The third kappa shape index (κ3) is 3.40. The van der Waals surface area contributed by atoms with E-state index in [-0.39, 0.29) is 0 Å². The van der Waals surface area contributed by atoms with E-state index in [1.807, 2.05) is 0 Å². The lowest BCUT2D eigenvalue weighted by Crippen LogP contribution is -2.26. The standard InChI is InChI=1S/C11H21N/c1-3-11(2)10-12-8-6-4-5-7-9-12/h3H,4-10H2,1-2H3. The van der Waals surface area contributed by atoms with Gasteiger partial charge in [-0.3, -0.25) is 4.90 Å². The van der Waals surface area contributed by atoms with Gasteiger partial charge in [0, 0.05) is 6.54 Å². The smallest absolute Gasteiger partial charge is 0.0189 e. The number of rotatable bonds is 2. The predicted octanol–water partition coefficient (Wildman–Crippen LogP) is 2.83. The minimum atomic E-state index is 1.19. The van der Waals surface area contributed by atoms with Crippen LogP contribution in [0.1, 0.15) is 39.5 Å². The molecule has 1 aliphatic heterocycles. The fourth-order valence-corrected chi connectivity index (χ4v) is 1.74. The van der Waals surface area contributed by atoms with Crippen LogP contribution in [-0.2, 0) is 0 Å². The second-order valence-electron chi connectivity index (χ2n) is 3.83. The average molecular weight is 167 g/mol. The zero-order valence-electron chi connectivity index (χ0n) is 8.47. The number of allylic oxidation sites excluding steroid dienone is 1. The van der Waals surface area contributed by atoms with Crippen LogP contribution >= 0.6 is 0 Å². The molecular formula is C11H21N. The minimum Gasteiger partial charge on any atom is -0.299 e. The molecule has 0 radical (unpaired) electrons. The van der Waals surface area contributed by atoms with Crippen LogP contribution in [0.5, 0.6) is 0 Å². The van der Waals surface area contributed by atoms with Crippen LogP contribution in [0.4, 0.5) is 0 Å². The van der Waals surface area contributed by atoms with Gasteiger partial charge in [0.15, 0.2) is 0 Å². The molecule has 0 amide bonds. The van der Waals surface area contributed by atoms with Crippen LogP contribution < -0.4 is 0 Å². The summed E-state index contributed by atoms with van der Waals surface area (Å²) < 4.78 is 0. The van der Waals surface area contributed by atoms with Gasteiger partial charge in [0.2, 0.25) is 0 Å². The van der Waals surface area contributed by atoms with Crippen molar-refractivity contribution in [2.45, 2.75) is 39.5 Å². The van der Waals surface area contributed by atoms with E-state index in [9.17, 15) is 0 Å². The maximum Gasteiger partial charge on any atom is 0.0189 e. The molecule has 0 aliphatic carbocycles. The summed E-state index contributed by atoms with van der Waals surface area (Å²) in [4.78, 5) is 2.59. The van der Waals surface area contributed by atoms with Crippen LogP contribution in [0.2, 0.25) is 0 Å². The zero-order valence-corrected chi connectivity index (χ0v) is 8.47. The first-order valence-electron chi connectivity index (χ1n) is 5.17. The first-order chi connectivity index (χ1) is 5.83. The number of hydrogen-bond donors (Lipinski definition) is 0. The molecule has 0 bridgehead atoms. The SMILES string of the molecule is CC=C(C)CN1CCCCCC1. The molecule has 1 heterocycles. The van der Waals surface area contributed by atoms with Gasteiger partial charge >= 0.3 is 0 Å². The van der Waals surface area contributed by atoms with Gasteiger partial charge in [-0.15, -0.1) is 0 Å². The normalized spacial score (nSPS) is 22.3. The maximum absolute atomic E-state index is 2.59. The van der Waals surface area contributed by atoms with Crippen molar-refractivity contribution in [2.75, 3.05) is 19.6 Å².